The average Bonchev–Trinajstić information content (AvgIpc) is 2.94. The van der Waals surface area contributed by atoms with Crippen LogP contribution in [0.2, 0.25) is 0 Å². The van der Waals surface area contributed by atoms with Crippen molar-refractivity contribution in [1.82, 2.24) is 4.90 Å². The van der Waals surface area contributed by atoms with Crippen LogP contribution >= 0.6 is 0 Å². The molecular weight excluding hydrogens is 265 g/mol. The van der Waals surface area contributed by atoms with Crippen LogP contribution in [0.4, 0.5) is 4.39 Å². The van der Waals surface area contributed by atoms with Crippen molar-refractivity contribution in [3.8, 4) is 0 Å². The number of benzene rings is 1. The molecule has 0 heterocycles. The smallest absolute Gasteiger partial charge is 0.151 e. The highest BCUT2D eigenvalue weighted by atomic mass is 19.1. The lowest BCUT2D eigenvalue weighted by Crippen LogP contribution is -2.40. The van der Waals surface area contributed by atoms with Crippen molar-refractivity contribution in [2.24, 2.45) is 5.92 Å². The number of hydrogen-bond acceptors (Lipinski definition) is 2. The lowest BCUT2D eigenvalue weighted by Gasteiger charge is -2.29. The van der Waals surface area contributed by atoms with Gasteiger partial charge in [-0.05, 0) is 30.4 Å². The molecule has 2 nitrogen and oxygen atoms in total. The normalized spacial score (nSPS) is 16.0. The van der Waals surface area contributed by atoms with Crippen molar-refractivity contribution in [2.75, 3.05) is 13.1 Å². The molecule has 116 valence electrons. The second-order valence-corrected chi connectivity index (χ2v) is 6.57. The van der Waals surface area contributed by atoms with Crippen molar-refractivity contribution in [3.63, 3.8) is 0 Å². The maximum Gasteiger partial charge on any atom is 0.151 e. The van der Waals surface area contributed by atoms with Crippen molar-refractivity contribution in [2.45, 2.75) is 52.0 Å². The molecule has 0 aromatic heterocycles. The molecule has 21 heavy (non-hydrogen) atoms. The zero-order chi connectivity index (χ0) is 15.2. The number of rotatable bonds is 7. The van der Waals surface area contributed by atoms with Crippen LogP contribution in [0.5, 0.6) is 0 Å². The SMILES string of the molecule is CC(C)CN(CC(=O)Cc1ccccc1F)C1CCCC1. The van der Waals surface area contributed by atoms with E-state index in [9.17, 15) is 9.18 Å². The van der Waals surface area contributed by atoms with Crippen LogP contribution < -0.4 is 0 Å². The van der Waals surface area contributed by atoms with Crippen LogP contribution in [0.1, 0.15) is 45.1 Å². The van der Waals surface area contributed by atoms with Gasteiger partial charge in [-0.2, -0.15) is 0 Å². The molecule has 3 heteroatoms. The Morgan fingerprint density at radius 1 is 1.29 bits per heavy atom. The van der Waals surface area contributed by atoms with E-state index in [1.807, 2.05) is 0 Å². The summed E-state index contributed by atoms with van der Waals surface area (Å²) in [7, 11) is 0. The second kappa shape index (κ2) is 7.69. The van der Waals surface area contributed by atoms with Crippen molar-refractivity contribution in [1.29, 1.82) is 0 Å². The van der Waals surface area contributed by atoms with Gasteiger partial charge in [0.1, 0.15) is 5.82 Å². The van der Waals surface area contributed by atoms with Crippen molar-refractivity contribution in [3.05, 3.63) is 35.6 Å². The first-order valence-corrected chi connectivity index (χ1v) is 8.05. The largest absolute Gasteiger partial charge is 0.298 e. The first-order valence-electron chi connectivity index (χ1n) is 8.05. The van der Waals surface area contributed by atoms with Gasteiger partial charge in [0, 0.05) is 19.0 Å². The summed E-state index contributed by atoms with van der Waals surface area (Å²) in [5.41, 5.74) is 0.512. The monoisotopic (exact) mass is 291 g/mol. The Hall–Kier alpha value is -1.22. The summed E-state index contributed by atoms with van der Waals surface area (Å²) in [5, 5.41) is 0. The molecule has 0 unspecified atom stereocenters. The van der Waals surface area contributed by atoms with Gasteiger partial charge in [0.2, 0.25) is 0 Å². The standard InChI is InChI=1S/C18H26FNO/c1-14(2)12-20(16-8-4-5-9-16)13-17(21)11-15-7-3-6-10-18(15)19/h3,6-7,10,14,16H,4-5,8-9,11-13H2,1-2H3. The minimum Gasteiger partial charge on any atom is -0.298 e. The molecule has 1 aliphatic carbocycles. The van der Waals surface area contributed by atoms with Crippen LogP contribution in [-0.4, -0.2) is 29.8 Å². The van der Waals surface area contributed by atoms with Gasteiger partial charge < -0.3 is 0 Å². The fraction of sp³-hybridized carbons (Fsp3) is 0.611. The third-order valence-corrected chi connectivity index (χ3v) is 4.17. The number of ketones is 1. The summed E-state index contributed by atoms with van der Waals surface area (Å²) in [5.74, 6) is 0.390. The molecule has 0 N–H and O–H groups in total. The Morgan fingerprint density at radius 3 is 2.57 bits per heavy atom. The zero-order valence-corrected chi connectivity index (χ0v) is 13.1. The van der Waals surface area contributed by atoms with Gasteiger partial charge in [-0.25, -0.2) is 4.39 Å². The second-order valence-electron chi connectivity index (χ2n) is 6.57. The number of carbonyl (C=O) groups excluding carboxylic acids is 1. The Balaban J connectivity index is 1.95. The number of carbonyl (C=O) groups is 1. The number of nitrogens with zero attached hydrogens (tertiary/aromatic N) is 1. The number of Topliss-reactive ketones (excluding diaryl/α,β-unsaturated/α-hetero) is 1. The lowest BCUT2D eigenvalue weighted by atomic mass is 10.1. The van der Waals surface area contributed by atoms with Gasteiger partial charge in [0.25, 0.3) is 0 Å². The lowest BCUT2D eigenvalue weighted by molar-refractivity contribution is -0.120. The fourth-order valence-corrected chi connectivity index (χ4v) is 3.22. The Bertz CT molecular complexity index is 466. The molecular formula is C18H26FNO. The van der Waals surface area contributed by atoms with Gasteiger partial charge in [0.05, 0.1) is 6.54 Å². The predicted octanol–water partition coefficient (Wildman–Crippen LogP) is 3.84. The predicted molar refractivity (Wildman–Crippen MR) is 83.8 cm³/mol. The third-order valence-electron chi connectivity index (χ3n) is 4.17. The summed E-state index contributed by atoms with van der Waals surface area (Å²) in [4.78, 5) is 14.6. The van der Waals surface area contributed by atoms with Crippen molar-refractivity contribution >= 4 is 5.78 Å². The van der Waals surface area contributed by atoms with Crippen LogP contribution in [0, 0.1) is 11.7 Å². The highest BCUT2D eigenvalue weighted by molar-refractivity contribution is 5.82. The molecule has 0 radical (unpaired) electrons. The van der Waals surface area contributed by atoms with Gasteiger partial charge in [-0.1, -0.05) is 44.9 Å². The molecule has 0 saturated heterocycles. The quantitative estimate of drug-likeness (QED) is 0.761. The van der Waals surface area contributed by atoms with E-state index in [0.29, 0.717) is 24.1 Å². The van der Waals surface area contributed by atoms with Crippen LogP contribution in [0.3, 0.4) is 0 Å². The molecule has 1 aromatic carbocycles. The van der Waals surface area contributed by atoms with Gasteiger partial charge in [-0.3, -0.25) is 9.69 Å². The minimum atomic E-state index is -0.276. The highest BCUT2D eigenvalue weighted by Gasteiger charge is 2.25. The van der Waals surface area contributed by atoms with E-state index < -0.39 is 0 Å². The molecule has 0 bridgehead atoms. The summed E-state index contributed by atoms with van der Waals surface area (Å²) in [6.45, 7) is 5.78. The molecule has 1 saturated carbocycles. The number of halogens is 1. The van der Waals surface area contributed by atoms with E-state index in [0.717, 1.165) is 6.54 Å². The Labute approximate surface area is 127 Å². The topological polar surface area (TPSA) is 20.3 Å². The van der Waals surface area contributed by atoms with Gasteiger partial charge >= 0.3 is 0 Å². The summed E-state index contributed by atoms with van der Waals surface area (Å²) >= 11 is 0. The van der Waals surface area contributed by atoms with Gasteiger partial charge in [-0.15, -0.1) is 0 Å². The molecule has 0 atom stereocenters. The summed E-state index contributed by atoms with van der Waals surface area (Å²) in [6, 6.07) is 7.11. The molecule has 0 aliphatic heterocycles. The zero-order valence-electron chi connectivity index (χ0n) is 13.1. The first-order chi connectivity index (χ1) is 10.1. The third kappa shape index (κ3) is 4.92. The van der Waals surface area contributed by atoms with E-state index in [1.165, 1.54) is 31.7 Å². The maximum absolute atomic E-state index is 13.6. The molecule has 2 rings (SSSR count). The van der Waals surface area contributed by atoms with Gasteiger partial charge in [0.15, 0.2) is 5.78 Å². The van der Waals surface area contributed by atoms with Crippen LogP contribution in [0.25, 0.3) is 0 Å². The Kier molecular flexibility index (Phi) is 5.92. The fourth-order valence-electron chi connectivity index (χ4n) is 3.22. The van der Waals surface area contributed by atoms with E-state index in [-0.39, 0.29) is 18.0 Å². The van der Waals surface area contributed by atoms with E-state index in [1.54, 1.807) is 18.2 Å². The Morgan fingerprint density at radius 2 is 1.95 bits per heavy atom. The molecule has 0 amide bonds. The number of hydrogen-bond donors (Lipinski definition) is 0. The van der Waals surface area contributed by atoms with E-state index in [4.69, 9.17) is 0 Å². The summed E-state index contributed by atoms with van der Waals surface area (Å²) in [6.07, 6.45) is 5.12. The molecule has 1 aromatic rings. The van der Waals surface area contributed by atoms with E-state index >= 15 is 0 Å². The minimum absolute atomic E-state index is 0.118. The molecule has 1 aliphatic rings. The van der Waals surface area contributed by atoms with E-state index in [2.05, 4.69) is 18.7 Å². The first kappa shape index (κ1) is 16.2. The summed E-state index contributed by atoms with van der Waals surface area (Å²) < 4.78 is 13.6. The highest BCUT2D eigenvalue weighted by Crippen LogP contribution is 2.24. The van der Waals surface area contributed by atoms with Crippen LogP contribution in [-0.2, 0) is 11.2 Å². The van der Waals surface area contributed by atoms with Crippen molar-refractivity contribution < 1.29 is 9.18 Å². The van der Waals surface area contributed by atoms with Crippen LogP contribution in [0.15, 0.2) is 24.3 Å². The molecule has 0 spiro atoms. The maximum atomic E-state index is 13.6. The molecule has 1 fully saturated rings. The average molecular weight is 291 g/mol.